The number of anilines is 3. The van der Waals surface area contributed by atoms with Gasteiger partial charge < -0.3 is 22.2 Å². The quantitative estimate of drug-likeness (QED) is 0.286. The van der Waals surface area contributed by atoms with Crippen LogP contribution in [0.2, 0.25) is 0 Å². The monoisotopic (exact) mass is 380 g/mol. The van der Waals surface area contributed by atoms with E-state index in [0.717, 1.165) is 24.9 Å². The summed E-state index contributed by atoms with van der Waals surface area (Å²) in [7, 11) is 0. The van der Waals surface area contributed by atoms with Crippen molar-refractivity contribution in [2.45, 2.75) is 62.3 Å². The summed E-state index contributed by atoms with van der Waals surface area (Å²) >= 11 is 0. The van der Waals surface area contributed by atoms with E-state index in [4.69, 9.17) is 17.3 Å². The molecular formula is C22H32N6. The minimum Gasteiger partial charge on any atom is -0.395 e. The lowest BCUT2D eigenvalue weighted by Gasteiger charge is -2.54. The second-order valence-electron chi connectivity index (χ2n) is 8.57. The fraction of sp³-hybridized carbons (Fsp3) is 0.500. The zero-order valence-electron chi connectivity index (χ0n) is 16.5. The number of nitrogens with one attached hydrogen (secondary N) is 2. The van der Waals surface area contributed by atoms with E-state index >= 15 is 0 Å². The Balaban J connectivity index is 1.31. The highest BCUT2D eigenvalue weighted by molar-refractivity contribution is 5.68. The normalized spacial score (nSPS) is 26.3. The molecule has 0 radical (unpaired) electrons. The molecule has 3 fully saturated rings. The van der Waals surface area contributed by atoms with Crippen molar-refractivity contribution in [1.29, 1.82) is 0 Å². The van der Waals surface area contributed by atoms with Crippen molar-refractivity contribution in [2.24, 2.45) is 5.84 Å². The lowest BCUT2D eigenvalue weighted by molar-refractivity contribution is 0.0772. The molecule has 150 valence electrons. The van der Waals surface area contributed by atoms with E-state index in [1.807, 2.05) is 6.07 Å². The fourth-order valence-electron chi connectivity index (χ4n) is 5.25. The molecule has 0 atom stereocenters. The van der Waals surface area contributed by atoms with E-state index < -0.39 is 0 Å². The Morgan fingerprint density at radius 2 is 1.64 bits per heavy atom. The molecule has 28 heavy (non-hydrogen) atoms. The maximum Gasteiger partial charge on any atom is 0.165 e. The molecule has 0 aliphatic heterocycles. The first-order valence-electron chi connectivity index (χ1n) is 10.4. The number of aromatic nitrogens is 1. The Bertz CT molecular complexity index is 795. The van der Waals surface area contributed by atoms with E-state index in [0.29, 0.717) is 28.3 Å². The molecule has 3 aliphatic rings. The van der Waals surface area contributed by atoms with E-state index in [1.54, 1.807) is 5.56 Å². The second-order valence-corrected chi connectivity index (χ2v) is 8.57. The van der Waals surface area contributed by atoms with Crippen LogP contribution in [-0.2, 0) is 11.8 Å². The molecule has 3 aliphatic carbocycles. The van der Waals surface area contributed by atoms with Crippen molar-refractivity contribution in [1.82, 2.24) is 10.3 Å². The Hall–Kier alpha value is -2.31. The summed E-state index contributed by atoms with van der Waals surface area (Å²) in [5, 5.41) is 3.90. The van der Waals surface area contributed by atoms with Crippen LogP contribution >= 0.6 is 0 Å². The number of benzene rings is 1. The number of nitrogens with zero attached hydrogens (tertiary/aromatic N) is 1. The van der Waals surface area contributed by atoms with Gasteiger partial charge in [0.2, 0.25) is 0 Å². The van der Waals surface area contributed by atoms with Crippen LogP contribution in [0.1, 0.15) is 56.1 Å². The van der Waals surface area contributed by atoms with E-state index in [2.05, 4.69) is 46.1 Å². The molecule has 8 N–H and O–H groups in total. The van der Waals surface area contributed by atoms with Gasteiger partial charge in [-0.3, -0.25) is 0 Å². The first-order valence-corrected chi connectivity index (χ1v) is 10.4. The van der Waals surface area contributed by atoms with Gasteiger partial charge in [-0.2, -0.15) is 0 Å². The third-order valence-electron chi connectivity index (χ3n) is 7.06. The summed E-state index contributed by atoms with van der Waals surface area (Å²) < 4.78 is 0. The van der Waals surface area contributed by atoms with Gasteiger partial charge in [0.1, 0.15) is 5.82 Å². The average Bonchev–Trinajstić information content (AvgIpc) is 2.75. The number of nitrogen functional groups attached to an aromatic ring is 3. The van der Waals surface area contributed by atoms with Crippen LogP contribution in [0.4, 0.5) is 17.3 Å². The molecule has 0 saturated heterocycles. The van der Waals surface area contributed by atoms with Crippen LogP contribution in [-0.4, -0.2) is 17.1 Å². The number of aryl methyl sites for hydroxylation is 1. The number of hydrazine groups is 1. The molecule has 2 bridgehead atoms. The van der Waals surface area contributed by atoms with Gasteiger partial charge in [0.15, 0.2) is 5.82 Å². The maximum absolute atomic E-state index is 6.14. The molecule has 6 nitrogen and oxygen atoms in total. The molecule has 1 heterocycles. The highest BCUT2D eigenvalue weighted by atomic mass is 15.3. The Morgan fingerprint density at radius 1 is 0.964 bits per heavy atom. The van der Waals surface area contributed by atoms with Crippen LogP contribution < -0.4 is 28.1 Å². The summed E-state index contributed by atoms with van der Waals surface area (Å²) in [6, 6.07) is 13.0. The number of rotatable bonds is 7. The van der Waals surface area contributed by atoms with Gasteiger partial charge in [-0.05, 0) is 80.5 Å². The molecule has 1 aromatic heterocycles. The van der Waals surface area contributed by atoms with Gasteiger partial charge in [0, 0.05) is 5.54 Å². The number of nitrogens with two attached hydrogens (primary N) is 3. The zero-order chi connectivity index (χ0) is 19.6. The molecule has 2 aromatic rings. The Kier molecular flexibility index (Phi) is 5.17. The number of fused-ring (bicyclic) bond motifs is 3. The van der Waals surface area contributed by atoms with Crippen molar-refractivity contribution in [2.75, 3.05) is 23.4 Å². The van der Waals surface area contributed by atoms with Gasteiger partial charge in [-0.15, -0.1) is 0 Å². The van der Waals surface area contributed by atoms with Gasteiger partial charge in [0.25, 0.3) is 0 Å². The van der Waals surface area contributed by atoms with Crippen LogP contribution in [0.15, 0.2) is 36.4 Å². The molecule has 6 heteroatoms. The summed E-state index contributed by atoms with van der Waals surface area (Å²) in [5.74, 6) is 6.37. The number of hydrogen-bond acceptors (Lipinski definition) is 6. The topological polar surface area (TPSA) is 115 Å². The summed E-state index contributed by atoms with van der Waals surface area (Å²) in [4.78, 5) is 4.12. The van der Waals surface area contributed by atoms with Gasteiger partial charge in [-0.25, -0.2) is 10.8 Å². The molecule has 3 saturated carbocycles. The fourth-order valence-corrected chi connectivity index (χ4v) is 5.25. The molecule has 0 unspecified atom stereocenters. The molecule has 1 aromatic carbocycles. The first-order chi connectivity index (χ1) is 13.6. The Morgan fingerprint density at radius 3 is 2.29 bits per heavy atom. The predicted octanol–water partition coefficient (Wildman–Crippen LogP) is 3.10. The van der Waals surface area contributed by atoms with Gasteiger partial charge >= 0.3 is 0 Å². The summed E-state index contributed by atoms with van der Waals surface area (Å²) in [5.41, 5.74) is 18.4. The second kappa shape index (κ2) is 7.60. The van der Waals surface area contributed by atoms with Crippen molar-refractivity contribution < 1.29 is 0 Å². The SMILES string of the molecule is NNc1nc(N)cc(CCCNC23CCC(c4ccccc4)(CC2)CC3)c1N. The van der Waals surface area contributed by atoms with Crippen molar-refractivity contribution in [3.8, 4) is 0 Å². The molecule has 0 amide bonds. The average molecular weight is 381 g/mol. The minimum absolute atomic E-state index is 0.323. The van der Waals surface area contributed by atoms with Gasteiger partial charge in [0.05, 0.1) is 5.69 Å². The van der Waals surface area contributed by atoms with Crippen LogP contribution in [0.3, 0.4) is 0 Å². The predicted molar refractivity (Wildman–Crippen MR) is 116 cm³/mol. The number of hydrogen-bond donors (Lipinski definition) is 5. The van der Waals surface area contributed by atoms with E-state index in [9.17, 15) is 0 Å². The first kappa shape index (κ1) is 19.0. The number of pyridine rings is 1. The van der Waals surface area contributed by atoms with Crippen LogP contribution in [0.5, 0.6) is 0 Å². The van der Waals surface area contributed by atoms with Crippen LogP contribution in [0.25, 0.3) is 0 Å². The smallest absolute Gasteiger partial charge is 0.165 e. The highest BCUT2D eigenvalue weighted by Gasteiger charge is 2.48. The van der Waals surface area contributed by atoms with Gasteiger partial charge in [-0.1, -0.05) is 30.3 Å². The third kappa shape index (κ3) is 3.54. The lowest BCUT2D eigenvalue weighted by Crippen LogP contribution is -2.56. The van der Waals surface area contributed by atoms with Crippen molar-refractivity contribution in [3.63, 3.8) is 0 Å². The lowest BCUT2D eigenvalue weighted by atomic mass is 9.55. The summed E-state index contributed by atoms with van der Waals surface area (Å²) in [6.07, 6.45) is 9.58. The van der Waals surface area contributed by atoms with Crippen LogP contribution in [0, 0.1) is 0 Å². The minimum atomic E-state index is 0.323. The zero-order valence-corrected chi connectivity index (χ0v) is 16.5. The standard InChI is InChI=1S/C22H32N6/c23-18-15-16(19(24)20(27-18)28-25)5-4-14-26-22-11-8-21(9-12-22,10-13-22)17-6-2-1-3-7-17/h1-3,6-7,15,26H,4-5,8-14,24-25H2,(H3,23,27,28). The van der Waals surface area contributed by atoms with E-state index in [1.165, 1.54) is 38.5 Å². The van der Waals surface area contributed by atoms with Crippen molar-refractivity contribution >= 4 is 17.3 Å². The maximum atomic E-state index is 6.14. The molecule has 5 rings (SSSR count). The third-order valence-corrected chi connectivity index (χ3v) is 7.06. The van der Waals surface area contributed by atoms with Crippen molar-refractivity contribution in [3.05, 3.63) is 47.5 Å². The highest BCUT2D eigenvalue weighted by Crippen LogP contribution is 2.53. The Labute approximate surface area is 167 Å². The largest absolute Gasteiger partial charge is 0.395 e. The van der Waals surface area contributed by atoms with E-state index in [-0.39, 0.29) is 0 Å². The molecule has 0 spiro atoms. The molecular weight excluding hydrogens is 348 g/mol. The summed E-state index contributed by atoms with van der Waals surface area (Å²) in [6.45, 7) is 0.991.